The Morgan fingerprint density at radius 1 is 1.26 bits per heavy atom. The van der Waals surface area contributed by atoms with Gasteiger partial charge in [-0.25, -0.2) is 18.6 Å². The van der Waals surface area contributed by atoms with Crippen LogP contribution < -0.4 is 4.74 Å². The monoisotopic (exact) mass is 265 g/mol. The number of aromatic carboxylic acids is 1. The molecule has 1 aromatic heterocycles. The summed E-state index contributed by atoms with van der Waals surface area (Å²) in [5, 5.41) is 8.81. The lowest BCUT2D eigenvalue weighted by Gasteiger charge is -2.06. The van der Waals surface area contributed by atoms with Gasteiger partial charge >= 0.3 is 5.97 Å². The molecule has 0 saturated heterocycles. The summed E-state index contributed by atoms with van der Waals surface area (Å²) in [7, 11) is 1.43. The first-order chi connectivity index (χ1) is 9.02. The fourth-order valence-electron chi connectivity index (χ4n) is 1.59. The first-order valence-corrected chi connectivity index (χ1v) is 5.25. The van der Waals surface area contributed by atoms with Crippen LogP contribution in [-0.4, -0.2) is 23.2 Å². The van der Waals surface area contributed by atoms with Crippen LogP contribution in [0.5, 0.6) is 5.88 Å². The molecule has 0 amide bonds. The topological polar surface area (TPSA) is 59.4 Å². The number of hydrogen-bond acceptors (Lipinski definition) is 3. The minimum atomic E-state index is -1.46. The number of halogens is 2. The second-order valence-electron chi connectivity index (χ2n) is 3.71. The van der Waals surface area contributed by atoms with Crippen LogP contribution in [0.25, 0.3) is 11.1 Å². The van der Waals surface area contributed by atoms with Crippen LogP contribution in [-0.2, 0) is 0 Å². The minimum absolute atomic E-state index is 0.0334. The van der Waals surface area contributed by atoms with Gasteiger partial charge in [0.25, 0.3) is 0 Å². The lowest BCUT2D eigenvalue weighted by Crippen LogP contribution is -2.02. The first-order valence-electron chi connectivity index (χ1n) is 5.25. The molecule has 2 aromatic rings. The standard InChI is InChI=1S/C13H9F2NO3/c1-19-12-3-2-7(6-16-12)8-4-9(13(17)18)11(15)5-10(8)14/h2-6H,1H3,(H,17,18). The normalized spacial score (nSPS) is 10.3. The van der Waals surface area contributed by atoms with E-state index in [1.165, 1.54) is 25.4 Å². The van der Waals surface area contributed by atoms with E-state index in [0.29, 0.717) is 17.5 Å². The SMILES string of the molecule is COc1ccc(-c2cc(C(=O)O)c(F)cc2F)cn1. The second kappa shape index (κ2) is 5.01. The van der Waals surface area contributed by atoms with Crippen LogP contribution in [0.2, 0.25) is 0 Å². The fourth-order valence-corrected chi connectivity index (χ4v) is 1.59. The molecule has 0 spiro atoms. The van der Waals surface area contributed by atoms with Gasteiger partial charge in [0.1, 0.15) is 11.6 Å². The van der Waals surface area contributed by atoms with Gasteiger partial charge in [-0.3, -0.25) is 0 Å². The van der Waals surface area contributed by atoms with Gasteiger partial charge < -0.3 is 9.84 Å². The number of carbonyl (C=O) groups is 1. The Morgan fingerprint density at radius 2 is 2.00 bits per heavy atom. The highest BCUT2D eigenvalue weighted by molar-refractivity contribution is 5.89. The maximum Gasteiger partial charge on any atom is 0.338 e. The molecule has 1 heterocycles. The number of hydrogen-bond donors (Lipinski definition) is 1. The number of carboxylic acid groups (broad SMARTS) is 1. The summed E-state index contributed by atoms with van der Waals surface area (Å²) in [5.74, 6) is -3.09. The van der Waals surface area contributed by atoms with Crippen molar-refractivity contribution in [3.63, 3.8) is 0 Å². The molecule has 0 radical (unpaired) electrons. The van der Waals surface area contributed by atoms with Crippen LogP contribution in [0.1, 0.15) is 10.4 Å². The summed E-state index contributed by atoms with van der Waals surface area (Å²) in [6, 6.07) is 4.49. The highest BCUT2D eigenvalue weighted by Gasteiger charge is 2.16. The largest absolute Gasteiger partial charge is 0.481 e. The van der Waals surface area contributed by atoms with Gasteiger partial charge in [0.2, 0.25) is 5.88 Å². The van der Waals surface area contributed by atoms with E-state index >= 15 is 0 Å². The Bertz CT molecular complexity index is 627. The molecular formula is C13H9F2NO3. The molecular weight excluding hydrogens is 256 g/mol. The Kier molecular flexibility index (Phi) is 3.41. The zero-order valence-corrected chi connectivity index (χ0v) is 9.85. The number of pyridine rings is 1. The highest BCUT2D eigenvalue weighted by atomic mass is 19.1. The van der Waals surface area contributed by atoms with Crippen molar-refractivity contribution in [3.05, 3.63) is 47.7 Å². The summed E-state index contributed by atoms with van der Waals surface area (Å²) in [6.07, 6.45) is 1.32. The average molecular weight is 265 g/mol. The summed E-state index contributed by atoms with van der Waals surface area (Å²) in [6.45, 7) is 0. The predicted octanol–water partition coefficient (Wildman–Crippen LogP) is 2.73. The number of carboxylic acids is 1. The Hall–Kier alpha value is -2.50. The Morgan fingerprint density at radius 3 is 2.53 bits per heavy atom. The minimum Gasteiger partial charge on any atom is -0.481 e. The average Bonchev–Trinajstić information content (AvgIpc) is 2.38. The molecule has 0 unspecified atom stereocenters. The van der Waals surface area contributed by atoms with Crippen molar-refractivity contribution in [2.24, 2.45) is 0 Å². The van der Waals surface area contributed by atoms with Crippen LogP contribution in [0, 0.1) is 11.6 Å². The molecule has 0 aliphatic heterocycles. The van der Waals surface area contributed by atoms with Crippen LogP contribution in [0.3, 0.4) is 0 Å². The summed E-state index contributed by atoms with van der Waals surface area (Å²) >= 11 is 0. The van der Waals surface area contributed by atoms with Crippen molar-refractivity contribution in [2.75, 3.05) is 7.11 Å². The summed E-state index contributed by atoms with van der Waals surface area (Å²) in [4.78, 5) is 14.7. The molecule has 19 heavy (non-hydrogen) atoms. The summed E-state index contributed by atoms with van der Waals surface area (Å²) < 4.78 is 31.8. The van der Waals surface area contributed by atoms with E-state index in [9.17, 15) is 13.6 Å². The molecule has 4 nitrogen and oxygen atoms in total. The smallest absolute Gasteiger partial charge is 0.338 e. The van der Waals surface area contributed by atoms with E-state index in [1.807, 2.05) is 0 Å². The number of ether oxygens (including phenoxy) is 1. The van der Waals surface area contributed by atoms with Gasteiger partial charge in [0.15, 0.2) is 0 Å². The van der Waals surface area contributed by atoms with E-state index in [-0.39, 0.29) is 5.56 Å². The van der Waals surface area contributed by atoms with Gasteiger partial charge in [0.05, 0.1) is 12.7 Å². The summed E-state index contributed by atoms with van der Waals surface area (Å²) in [5.41, 5.74) is -0.290. The van der Waals surface area contributed by atoms with Crippen molar-refractivity contribution < 1.29 is 23.4 Å². The van der Waals surface area contributed by atoms with Crippen molar-refractivity contribution in [1.82, 2.24) is 4.98 Å². The number of nitrogens with zero attached hydrogens (tertiary/aromatic N) is 1. The molecule has 0 saturated carbocycles. The molecule has 1 N–H and O–H groups in total. The van der Waals surface area contributed by atoms with Gasteiger partial charge in [-0.1, -0.05) is 0 Å². The maximum absolute atomic E-state index is 13.7. The third-order valence-corrected chi connectivity index (χ3v) is 2.54. The number of aromatic nitrogens is 1. The molecule has 0 aliphatic carbocycles. The quantitative estimate of drug-likeness (QED) is 0.927. The van der Waals surface area contributed by atoms with E-state index in [0.717, 1.165) is 6.07 Å². The van der Waals surface area contributed by atoms with Crippen molar-refractivity contribution in [1.29, 1.82) is 0 Å². The Labute approximate surface area is 107 Å². The molecule has 1 aromatic carbocycles. The number of methoxy groups -OCH3 is 1. The van der Waals surface area contributed by atoms with E-state index in [1.54, 1.807) is 0 Å². The van der Waals surface area contributed by atoms with E-state index in [2.05, 4.69) is 4.98 Å². The molecule has 0 atom stereocenters. The lowest BCUT2D eigenvalue weighted by molar-refractivity contribution is 0.0692. The van der Waals surface area contributed by atoms with Crippen LogP contribution >= 0.6 is 0 Å². The first kappa shape index (κ1) is 12.9. The molecule has 2 rings (SSSR count). The zero-order chi connectivity index (χ0) is 14.0. The number of benzene rings is 1. The van der Waals surface area contributed by atoms with Gasteiger partial charge in [-0.15, -0.1) is 0 Å². The molecule has 98 valence electrons. The Balaban J connectivity index is 2.54. The predicted molar refractivity (Wildman–Crippen MR) is 63.1 cm³/mol. The number of rotatable bonds is 3. The van der Waals surface area contributed by atoms with Crippen molar-refractivity contribution in [3.8, 4) is 17.0 Å². The lowest BCUT2D eigenvalue weighted by atomic mass is 10.0. The molecule has 0 bridgehead atoms. The van der Waals surface area contributed by atoms with Crippen LogP contribution in [0.4, 0.5) is 8.78 Å². The van der Waals surface area contributed by atoms with Crippen molar-refractivity contribution in [2.45, 2.75) is 0 Å². The van der Waals surface area contributed by atoms with Gasteiger partial charge in [-0.2, -0.15) is 0 Å². The second-order valence-corrected chi connectivity index (χ2v) is 3.71. The van der Waals surface area contributed by atoms with E-state index in [4.69, 9.17) is 9.84 Å². The highest BCUT2D eigenvalue weighted by Crippen LogP contribution is 2.26. The van der Waals surface area contributed by atoms with Crippen LogP contribution in [0.15, 0.2) is 30.5 Å². The van der Waals surface area contributed by atoms with Gasteiger partial charge in [-0.05, 0) is 12.1 Å². The molecule has 0 fully saturated rings. The fraction of sp³-hybridized carbons (Fsp3) is 0.0769. The third-order valence-electron chi connectivity index (χ3n) is 2.54. The maximum atomic E-state index is 13.7. The zero-order valence-electron chi connectivity index (χ0n) is 9.85. The molecule has 6 heteroatoms. The molecule has 0 aliphatic rings. The van der Waals surface area contributed by atoms with Crippen molar-refractivity contribution >= 4 is 5.97 Å². The third kappa shape index (κ3) is 2.52. The van der Waals surface area contributed by atoms with E-state index < -0.39 is 23.2 Å². The van der Waals surface area contributed by atoms with Gasteiger partial charge in [0, 0.05) is 29.5 Å².